The van der Waals surface area contributed by atoms with E-state index >= 15 is 0 Å². The molecule has 0 aromatic carbocycles. The lowest BCUT2D eigenvalue weighted by Crippen LogP contribution is -2.48. The lowest BCUT2D eigenvalue weighted by molar-refractivity contribution is 0.168. The summed E-state index contributed by atoms with van der Waals surface area (Å²) in [5, 5.41) is 6.67. The molecule has 1 aliphatic rings. The fraction of sp³-hybridized carbons (Fsp3) is 0.467. The molecule has 3 heterocycles. The fourth-order valence-electron chi connectivity index (χ4n) is 2.97. The van der Waals surface area contributed by atoms with Crippen LogP contribution in [0.4, 0.5) is 10.5 Å². The highest BCUT2D eigenvalue weighted by Gasteiger charge is 2.40. The molecule has 1 unspecified atom stereocenters. The molecule has 3 rings (SSSR count). The number of urea groups is 1. The molecule has 2 amide bonds. The smallest absolute Gasteiger partial charge is 0.322 e. The zero-order valence-corrected chi connectivity index (χ0v) is 14.1. The highest BCUT2D eigenvalue weighted by molar-refractivity contribution is 7.16. The number of thiophene rings is 1. The number of anilines is 1. The molecule has 1 fully saturated rings. The Morgan fingerprint density at radius 2 is 2.41 bits per heavy atom. The normalized spacial score (nSPS) is 21.3. The maximum atomic E-state index is 12.6. The molecule has 1 atom stereocenters. The van der Waals surface area contributed by atoms with Crippen LogP contribution in [-0.4, -0.2) is 28.2 Å². The van der Waals surface area contributed by atoms with E-state index < -0.39 is 0 Å². The van der Waals surface area contributed by atoms with Crippen molar-refractivity contribution >= 4 is 34.7 Å². The number of likely N-dealkylation sites (tertiary alicyclic amines) is 1. The SMILES string of the molecule is Cc1nocc1NC(=O)N1CCCC1(C)Cc1ccc(Cl)s1. The van der Waals surface area contributed by atoms with Crippen molar-refractivity contribution in [3.63, 3.8) is 0 Å². The lowest BCUT2D eigenvalue weighted by Gasteiger charge is -2.35. The van der Waals surface area contributed by atoms with Gasteiger partial charge < -0.3 is 14.7 Å². The summed E-state index contributed by atoms with van der Waals surface area (Å²) in [6, 6.07) is 3.84. The quantitative estimate of drug-likeness (QED) is 0.905. The van der Waals surface area contributed by atoms with Crippen LogP contribution in [0.25, 0.3) is 0 Å². The molecule has 1 N–H and O–H groups in total. The molecule has 0 radical (unpaired) electrons. The van der Waals surface area contributed by atoms with E-state index in [4.69, 9.17) is 16.1 Å². The van der Waals surface area contributed by atoms with Crippen molar-refractivity contribution in [2.45, 2.75) is 38.6 Å². The topological polar surface area (TPSA) is 58.4 Å². The molecule has 1 aliphatic heterocycles. The highest BCUT2D eigenvalue weighted by Crippen LogP contribution is 2.35. The van der Waals surface area contributed by atoms with Crippen LogP contribution >= 0.6 is 22.9 Å². The second-order valence-corrected chi connectivity index (χ2v) is 7.68. The van der Waals surface area contributed by atoms with Crippen LogP contribution in [0.3, 0.4) is 0 Å². The van der Waals surface area contributed by atoms with E-state index in [0.29, 0.717) is 11.4 Å². The van der Waals surface area contributed by atoms with Crippen molar-refractivity contribution in [2.75, 3.05) is 11.9 Å². The molecule has 7 heteroatoms. The van der Waals surface area contributed by atoms with Crippen molar-refractivity contribution in [1.29, 1.82) is 0 Å². The van der Waals surface area contributed by atoms with E-state index in [9.17, 15) is 4.79 Å². The van der Waals surface area contributed by atoms with Gasteiger partial charge in [0, 0.05) is 23.4 Å². The van der Waals surface area contributed by atoms with Crippen LogP contribution in [0.5, 0.6) is 0 Å². The minimum absolute atomic E-state index is 0.103. The number of amides is 2. The predicted octanol–water partition coefficient (Wildman–Crippen LogP) is 4.33. The number of rotatable bonds is 3. The van der Waals surface area contributed by atoms with Crippen LogP contribution in [0, 0.1) is 6.92 Å². The van der Waals surface area contributed by atoms with Gasteiger partial charge in [-0.15, -0.1) is 11.3 Å². The maximum Gasteiger partial charge on any atom is 0.322 e. The molecule has 22 heavy (non-hydrogen) atoms. The van der Waals surface area contributed by atoms with Crippen LogP contribution in [0.1, 0.15) is 30.3 Å². The summed E-state index contributed by atoms with van der Waals surface area (Å²) in [6.45, 7) is 4.69. The maximum absolute atomic E-state index is 12.6. The van der Waals surface area contributed by atoms with E-state index in [1.807, 2.05) is 17.0 Å². The van der Waals surface area contributed by atoms with E-state index in [1.54, 1.807) is 18.3 Å². The monoisotopic (exact) mass is 339 g/mol. The first kappa shape index (κ1) is 15.4. The first-order valence-electron chi connectivity index (χ1n) is 7.22. The van der Waals surface area contributed by atoms with Gasteiger partial charge in [-0.2, -0.15) is 0 Å². The van der Waals surface area contributed by atoms with Gasteiger partial charge in [-0.3, -0.25) is 0 Å². The molecule has 0 aliphatic carbocycles. The summed E-state index contributed by atoms with van der Waals surface area (Å²) < 4.78 is 5.65. The Hall–Kier alpha value is -1.53. The Kier molecular flexibility index (Phi) is 4.14. The van der Waals surface area contributed by atoms with Crippen LogP contribution in [0.15, 0.2) is 22.9 Å². The van der Waals surface area contributed by atoms with E-state index in [2.05, 4.69) is 17.4 Å². The first-order chi connectivity index (χ1) is 10.5. The van der Waals surface area contributed by atoms with Crippen LogP contribution < -0.4 is 5.32 Å². The zero-order chi connectivity index (χ0) is 15.7. The Morgan fingerprint density at radius 3 is 3.05 bits per heavy atom. The second-order valence-electron chi connectivity index (χ2n) is 5.88. The first-order valence-corrected chi connectivity index (χ1v) is 8.41. The van der Waals surface area contributed by atoms with E-state index in [1.165, 1.54) is 11.1 Å². The van der Waals surface area contributed by atoms with Gasteiger partial charge in [0.25, 0.3) is 0 Å². The molecule has 2 aromatic heterocycles. The average molecular weight is 340 g/mol. The molecule has 0 bridgehead atoms. The zero-order valence-electron chi connectivity index (χ0n) is 12.6. The molecule has 1 saturated heterocycles. The number of halogens is 1. The van der Waals surface area contributed by atoms with Crippen molar-refractivity contribution in [3.8, 4) is 0 Å². The summed E-state index contributed by atoms with van der Waals surface area (Å²) in [6.07, 6.45) is 4.27. The number of aryl methyl sites for hydroxylation is 1. The fourth-order valence-corrected chi connectivity index (χ4v) is 4.24. The largest absolute Gasteiger partial charge is 0.362 e. The van der Waals surface area contributed by atoms with Gasteiger partial charge in [-0.05, 0) is 38.8 Å². The van der Waals surface area contributed by atoms with Gasteiger partial charge in [0.1, 0.15) is 17.6 Å². The summed E-state index contributed by atoms with van der Waals surface area (Å²) in [5.41, 5.74) is 1.11. The number of hydrogen-bond acceptors (Lipinski definition) is 4. The Morgan fingerprint density at radius 1 is 1.59 bits per heavy atom. The Labute approximate surface area is 138 Å². The van der Waals surface area contributed by atoms with Gasteiger partial charge in [-0.25, -0.2) is 4.79 Å². The Bertz CT molecular complexity index is 684. The van der Waals surface area contributed by atoms with Crippen molar-refractivity contribution in [1.82, 2.24) is 10.1 Å². The third kappa shape index (κ3) is 2.98. The number of nitrogens with one attached hydrogen (secondary N) is 1. The third-order valence-electron chi connectivity index (χ3n) is 4.17. The molecule has 5 nitrogen and oxygen atoms in total. The highest BCUT2D eigenvalue weighted by atomic mass is 35.5. The lowest BCUT2D eigenvalue weighted by atomic mass is 9.94. The van der Waals surface area contributed by atoms with Gasteiger partial charge in [0.2, 0.25) is 0 Å². The standard InChI is InChI=1S/C15H18ClN3O2S/c1-10-12(9-21-18-10)17-14(20)19-7-3-6-15(19,2)8-11-4-5-13(16)22-11/h4-5,9H,3,6-8H2,1-2H3,(H,17,20). The van der Waals surface area contributed by atoms with Crippen molar-refractivity contribution in [3.05, 3.63) is 33.3 Å². The molecule has 118 valence electrons. The van der Waals surface area contributed by atoms with Gasteiger partial charge >= 0.3 is 6.03 Å². The molecule has 0 saturated carbocycles. The summed E-state index contributed by atoms with van der Waals surface area (Å²) >= 11 is 7.59. The number of hydrogen-bond donors (Lipinski definition) is 1. The second kappa shape index (κ2) is 5.93. The van der Waals surface area contributed by atoms with Crippen molar-refractivity contribution < 1.29 is 9.32 Å². The van der Waals surface area contributed by atoms with Gasteiger partial charge in [0.05, 0.1) is 4.34 Å². The number of carbonyl (C=O) groups excluding carboxylic acids is 1. The number of aromatic nitrogens is 1. The summed E-state index contributed by atoms with van der Waals surface area (Å²) in [4.78, 5) is 15.7. The van der Waals surface area contributed by atoms with Crippen LogP contribution in [0.2, 0.25) is 4.34 Å². The molecule has 2 aromatic rings. The summed E-state index contributed by atoms with van der Waals surface area (Å²) in [7, 11) is 0. The van der Waals surface area contributed by atoms with Crippen molar-refractivity contribution in [2.24, 2.45) is 0 Å². The predicted molar refractivity (Wildman–Crippen MR) is 87.6 cm³/mol. The average Bonchev–Trinajstić information content (AvgIpc) is 3.13. The van der Waals surface area contributed by atoms with Crippen LogP contribution in [-0.2, 0) is 6.42 Å². The van der Waals surface area contributed by atoms with Gasteiger partial charge in [-0.1, -0.05) is 16.8 Å². The minimum Gasteiger partial charge on any atom is -0.362 e. The van der Waals surface area contributed by atoms with Gasteiger partial charge in [0.15, 0.2) is 0 Å². The Balaban J connectivity index is 1.74. The minimum atomic E-state index is -0.191. The number of nitrogens with zero attached hydrogens (tertiary/aromatic N) is 2. The molecule has 0 spiro atoms. The third-order valence-corrected chi connectivity index (χ3v) is 5.40. The van der Waals surface area contributed by atoms with E-state index in [0.717, 1.165) is 30.1 Å². The summed E-state index contributed by atoms with van der Waals surface area (Å²) in [5.74, 6) is 0. The number of carbonyl (C=O) groups is 1. The van der Waals surface area contributed by atoms with E-state index in [-0.39, 0.29) is 11.6 Å². The molecular weight excluding hydrogens is 322 g/mol. The molecular formula is C15H18ClN3O2S.